The number of hydrogen-bond acceptors (Lipinski definition) is 4. The van der Waals surface area contributed by atoms with Gasteiger partial charge in [-0.2, -0.15) is 0 Å². The van der Waals surface area contributed by atoms with Crippen LogP contribution in [0.2, 0.25) is 0 Å². The lowest BCUT2D eigenvalue weighted by atomic mass is 10.2. The number of aromatic nitrogens is 1. The maximum absolute atomic E-state index is 12.3. The third-order valence-corrected chi connectivity index (χ3v) is 3.52. The number of carbonyl (C=O) groups is 1. The van der Waals surface area contributed by atoms with Crippen LogP contribution in [0.15, 0.2) is 23.7 Å². The molecule has 5 heteroatoms. The summed E-state index contributed by atoms with van der Waals surface area (Å²) >= 11 is 1.53. The lowest BCUT2D eigenvalue weighted by molar-refractivity contribution is 0.0722. The van der Waals surface area contributed by atoms with Crippen molar-refractivity contribution in [3.8, 4) is 0 Å². The van der Waals surface area contributed by atoms with E-state index in [2.05, 4.69) is 4.98 Å². The van der Waals surface area contributed by atoms with Gasteiger partial charge in [0.1, 0.15) is 0 Å². The van der Waals surface area contributed by atoms with Crippen molar-refractivity contribution < 1.29 is 9.90 Å². The fourth-order valence-electron chi connectivity index (χ4n) is 1.88. The summed E-state index contributed by atoms with van der Waals surface area (Å²) in [6.07, 6.45) is 0.883. The van der Waals surface area contributed by atoms with Crippen LogP contribution in [0, 0.1) is 0 Å². The summed E-state index contributed by atoms with van der Waals surface area (Å²) in [6, 6.07) is 5.53. The van der Waals surface area contributed by atoms with Crippen LogP contribution < -0.4 is 0 Å². The Labute approximate surface area is 110 Å². The zero-order chi connectivity index (χ0) is 13.0. The second kappa shape index (κ2) is 5.93. The molecule has 0 aliphatic heterocycles. The number of hydrogen-bond donors (Lipinski definition) is 1. The van der Waals surface area contributed by atoms with Crippen LogP contribution >= 0.6 is 11.3 Å². The Hall–Kier alpha value is -1.46. The zero-order valence-electron chi connectivity index (χ0n) is 10.3. The van der Waals surface area contributed by atoms with Gasteiger partial charge in [0.25, 0.3) is 5.91 Å². The van der Waals surface area contributed by atoms with Crippen LogP contribution in [-0.4, -0.2) is 40.6 Å². The lowest BCUT2D eigenvalue weighted by Gasteiger charge is -2.21. The van der Waals surface area contributed by atoms with Gasteiger partial charge in [-0.1, -0.05) is 6.92 Å². The molecule has 18 heavy (non-hydrogen) atoms. The van der Waals surface area contributed by atoms with Gasteiger partial charge in [-0.3, -0.25) is 4.79 Å². The molecule has 96 valence electrons. The first-order valence-corrected chi connectivity index (χ1v) is 6.87. The van der Waals surface area contributed by atoms with Crippen molar-refractivity contribution in [3.05, 3.63) is 29.3 Å². The summed E-state index contributed by atoms with van der Waals surface area (Å²) < 4.78 is 1.02. The molecule has 1 amide bonds. The van der Waals surface area contributed by atoms with Gasteiger partial charge >= 0.3 is 0 Å². The molecule has 0 aliphatic carbocycles. The smallest absolute Gasteiger partial charge is 0.253 e. The highest BCUT2D eigenvalue weighted by molar-refractivity contribution is 7.16. The molecule has 0 unspecified atom stereocenters. The number of amides is 1. The number of benzene rings is 1. The minimum atomic E-state index is -0.0267. The van der Waals surface area contributed by atoms with Crippen LogP contribution in [-0.2, 0) is 0 Å². The minimum Gasteiger partial charge on any atom is -0.395 e. The molecule has 0 spiro atoms. The maximum atomic E-state index is 12.3. The first kappa shape index (κ1) is 13.0. The van der Waals surface area contributed by atoms with Gasteiger partial charge in [-0.25, -0.2) is 4.98 Å². The molecule has 4 nitrogen and oxygen atoms in total. The predicted molar refractivity (Wildman–Crippen MR) is 72.9 cm³/mol. The van der Waals surface area contributed by atoms with Crippen LogP contribution in [0.4, 0.5) is 0 Å². The Bertz CT molecular complexity index is 533. The molecule has 0 saturated carbocycles. The van der Waals surface area contributed by atoms with Crippen LogP contribution in [0.3, 0.4) is 0 Å². The quantitative estimate of drug-likeness (QED) is 0.900. The molecule has 1 heterocycles. The molecular formula is C13H16N2O2S. The maximum Gasteiger partial charge on any atom is 0.253 e. The SMILES string of the molecule is CCCN(CCO)C(=O)c1ccc2ncsc2c1. The average molecular weight is 264 g/mol. The van der Waals surface area contributed by atoms with E-state index in [1.807, 2.05) is 19.1 Å². The van der Waals surface area contributed by atoms with Crippen molar-refractivity contribution in [2.24, 2.45) is 0 Å². The Balaban J connectivity index is 2.24. The highest BCUT2D eigenvalue weighted by Gasteiger charge is 2.15. The van der Waals surface area contributed by atoms with Gasteiger partial charge in [0.15, 0.2) is 0 Å². The number of fused-ring (bicyclic) bond motifs is 1. The molecule has 1 aromatic heterocycles. The van der Waals surface area contributed by atoms with Gasteiger partial charge in [0, 0.05) is 18.7 Å². The summed E-state index contributed by atoms with van der Waals surface area (Å²) in [5, 5.41) is 9.00. The second-order valence-corrected chi connectivity index (χ2v) is 4.94. The van der Waals surface area contributed by atoms with Gasteiger partial charge in [0.05, 0.1) is 22.3 Å². The van der Waals surface area contributed by atoms with E-state index in [0.717, 1.165) is 16.6 Å². The average Bonchev–Trinajstić information content (AvgIpc) is 2.84. The number of aliphatic hydroxyl groups is 1. The molecule has 2 rings (SSSR count). The number of thiazole rings is 1. The highest BCUT2D eigenvalue weighted by Crippen LogP contribution is 2.20. The molecule has 0 bridgehead atoms. The fraction of sp³-hybridized carbons (Fsp3) is 0.385. The van der Waals surface area contributed by atoms with Crippen molar-refractivity contribution in [1.82, 2.24) is 9.88 Å². The summed E-state index contributed by atoms with van der Waals surface area (Å²) in [4.78, 5) is 18.2. The summed E-state index contributed by atoms with van der Waals surface area (Å²) in [5.41, 5.74) is 3.35. The van der Waals surface area contributed by atoms with E-state index in [1.54, 1.807) is 16.5 Å². The molecule has 0 aliphatic rings. The highest BCUT2D eigenvalue weighted by atomic mass is 32.1. The molecule has 0 atom stereocenters. The van der Waals surface area contributed by atoms with Crippen molar-refractivity contribution in [2.45, 2.75) is 13.3 Å². The summed E-state index contributed by atoms with van der Waals surface area (Å²) in [5.74, 6) is -0.0267. The van der Waals surface area contributed by atoms with Crippen molar-refractivity contribution in [3.63, 3.8) is 0 Å². The molecule has 1 N–H and O–H groups in total. The third kappa shape index (κ3) is 2.68. The van der Waals surface area contributed by atoms with E-state index in [4.69, 9.17) is 5.11 Å². The Morgan fingerprint density at radius 3 is 3.00 bits per heavy atom. The normalized spacial score (nSPS) is 10.8. The predicted octanol–water partition coefficient (Wildman–Crippen LogP) is 2.14. The molecular weight excluding hydrogens is 248 g/mol. The first-order valence-electron chi connectivity index (χ1n) is 5.99. The van der Waals surface area contributed by atoms with Gasteiger partial charge < -0.3 is 10.0 Å². The van der Waals surface area contributed by atoms with E-state index in [9.17, 15) is 4.79 Å². The zero-order valence-corrected chi connectivity index (χ0v) is 11.1. The van der Waals surface area contributed by atoms with E-state index < -0.39 is 0 Å². The van der Waals surface area contributed by atoms with Crippen molar-refractivity contribution in [2.75, 3.05) is 19.7 Å². The van der Waals surface area contributed by atoms with Crippen LogP contribution in [0.5, 0.6) is 0 Å². The monoisotopic (exact) mass is 264 g/mol. The number of aliphatic hydroxyl groups excluding tert-OH is 1. The van der Waals surface area contributed by atoms with Crippen LogP contribution in [0.25, 0.3) is 10.2 Å². The van der Waals surface area contributed by atoms with Crippen molar-refractivity contribution >= 4 is 27.5 Å². The number of carbonyl (C=O) groups excluding carboxylic acids is 1. The Kier molecular flexibility index (Phi) is 4.28. The largest absolute Gasteiger partial charge is 0.395 e. The molecule has 0 saturated heterocycles. The second-order valence-electron chi connectivity index (χ2n) is 4.05. The standard InChI is InChI=1S/C13H16N2O2S/c1-2-5-15(6-7-16)13(17)10-3-4-11-12(8-10)18-9-14-11/h3-4,8-9,16H,2,5-7H2,1H3. The van der Waals surface area contributed by atoms with Gasteiger partial charge in [0.2, 0.25) is 0 Å². The molecule has 0 radical (unpaired) electrons. The number of rotatable bonds is 5. The first-order chi connectivity index (χ1) is 8.76. The summed E-state index contributed by atoms with van der Waals surface area (Å²) in [6.45, 7) is 3.06. The lowest BCUT2D eigenvalue weighted by Crippen LogP contribution is -2.34. The fourth-order valence-corrected chi connectivity index (χ4v) is 2.59. The van der Waals surface area contributed by atoms with Gasteiger partial charge in [-0.05, 0) is 24.6 Å². The third-order valence-electron chi connectivity index (χ3n) is 2.73. The molecule has 0 fully saturated rings. The van der Waals surface area contributed by atoms with E-state index in [-0.39, 0.29) is 12.5 Å². The summed E-state index contributed by atoms with van der Waals surface area (Å²) in [7, 11) is 0. The molecule has 1 aromatic carbocycles. The van der Waals surface area contributed by atoms with Crippen molar-refractivity contribution in [1.29, 1.82) is 0 Å². The molecule has 2 aromatic rings. The topological polar surface area (TPSA) is 53.4 Å². The van der Waals surface area contributed by atoms with E-state index >= 15 is 0 Å². The Morgan fingerprint density at radius 2 is 2.28 bits per heavy atom. The van der Waals surface area contributed by atoms with E-state index in [0.29, 0.717) is 18.7 Å². The van der Waals surface area contributed by atoms with E-state index in [1.165, 1.54) is 11.3 Å². The van der Waals surface area contributed by atoms with Gasteiger partial charge in [-0.15, -0.1) is 11.3 Å². The number of nitrogens with zero attached hydrogens (tertiary/aromatic N) is 2. The van der Waals surface area contributed by atoms with Crippen LogP contribution in [0.1, 0.15) is 23.7 Å². The Morgan fingerprint density at radius 1 is 1.44 bits per heavy atom. The minimum absolute atomic E-state index is 0.00541.